The predicted octanol–water partition coefficient (Wildman–Crippen LogP) is 2.62. The Hall–Kier alpha value is -4.29. The third-order valence-corrected chi connectivity index (χ3v) is 8.30. The second-order valence-electron chi connectivity index (χ2n) is 10.2. The maximum absolute atomic E-state index is 12.7. The first-order valence-electron chi connectivity index (χ1n) is 12.7. The summed E-state index contributed by atoms with van der Waals surface area (Å²) < 4.78 is 29.7. The Labute approximate surface area is 230 Å². The van der Waals surface area contributed by atoms with E-state index in [1.165, 1.54) is 12.3 Å². The first-order chi connectivity index (χ1) is 19.1. The Morgan fingerprint density at radius 1 is 1.07 bits per heavy atom. The number of fused-ring (bicyclic) bond motifs is 1. The topological polar surface area (TPSA) is 144 Å². The Balaban J connectivity index is 1.21. The van der Waals surface area contributed by atoms with Crippen LogP contribution in [0.3, 0.4) is 0 Å². The molecule has 5 heterocycles. The monoisotopic (exact) mass is 558 g/mol. The number of nitrogens with one attached hydrogen (secondary N) is 1. The van der Waals surface area contributed by atoms with Crippen LogP contribution >= 0.6 is 0 Å². The minimum atomic E-state index is -3.52. The van der Waals surface area contributed by atoms with E-state index in [-0.39, 0.29) is 35.1 Å². The summed E-state index contributed by atoms with van der Waals surface area (Å²) in [6, 6.07) is 12.4. The Bertz CT molecular complexity index is 1790. The molecule has 6 rings (SSSR count). The molecule has 2 aliphatic rings. The molecule has 0 radical (unpaired) electrons. The van der Waals surface area contributed by atoms with E-state index >= 15 is 0 Å². The molecule has 1 aliphatic carbocycles. The number of rotatable bonds is 6. The number of carbonyl (C=O) groups is 2. The number of morpholine rings is 1. The van der Waals surface area contributed by atoms with Crippen LogP contribution in [0.25, 0.3) is 22.3 Å². The molecule has 0 aromatic carbocycles. The molecule has 204 valence electrons. The molecule has 0 unspecified atom stereocenters. The van der Waals surface area contributed by atoms with Crippen molar-refractivity contribution in [2.75, 3.05) is 24.3 Å². The van der Waals surface area contributed by atoms with Crippen molar-refractivity contribution >= 4 is 38.4 Å². The van der Waals surface area contributed by atoms with E-state index < -0.39 is 15.7 Å². The number of sulfone groups is 1. The number of aryl methyl sites for hydroxylation is 1. The number of hydrogen-bond acceptors (Lipinski definition) is 9. The largest absolute Gasteiger partial charge is 0.363 e. The summed E-state index contributed by atoms with van der Waals surface area (Å²) in [7, 11) is -3.52. The van der Waals surface area contributed by atoms with Gasteiger partial charge in [0.1, 0.15) is 12.4 Å². The molecule has 0 atom stereocenters. The first kappa shape index (κ1) is 26.0. The summed E-state index contributed by atoms with van der Waals surface area (Å²) in [6.07, 6.45) is 5.99. The molecule has 4 aromatic heterocycles. The van der Waals surface area contributed by atoms with Gasteiger partial charge in [-0.3, -0.25) is 24.5 Å². The van der Waals surface area contributed by atoms with E-state index in [1.807, 2.05) is 30.3 Å². The van der Waals surface area contributed by atoms with Crippen LogP contribution in [0.1, 0.15) is 34.6 Å². The molecule has 11 nitrogen and oxygen atoms in total. The van der Waals surface area contributed by atoms with Crippen molar-refractivity contribution in [2.24, 2.45) is 0 Å². The molecule has 2 amide bonds. The van der Waals surface area contributed by atoms with Gasteiger partial charge in [0.25, 0.3) is 11.8 Å². The fourth-order valence-corrected chi connectivity index (χ4v) is 5.59. The van der Waals surface area contributed by atoms with Crippen LogP contribution in [0.15, 0.2) is 59.8 Å². The second kappa shape index (κ2) is 9.72. The molecule has 1 N–H and O–H groups in total. The Morgan fingerprint density at radius 3 is 2.65 bits per heavy atom. The van der Waals surface area contributed by atoms with Crippen molar-refractivity contribution in [3.63, 3.8) is 0 Å². The van der Waals surface area contributed by atoms with Gasteiger partial charge >= 0.3 is 0 Å². The van der Waals surface area contributed by atoms with Crippen LogP contribution in [0.4, 0.5) is 5.82 Å². The predicted molar refractivity (Wildman–Crippen MR) is 146 cm³/mol. The van der Waals surface area contributed by atoms with E-state index in [4.69, 9.17) is 14.7 Å². The van der Waals surface area contributed by atoms with Crippen LogP contribution in [-0.2, 0) is 25.9 Å². The van der Waals surface area contributed by atoms with Gasteiger partial charge in [-0.15, -0.1) is 0 Å². The third-order valence-electron chi connectivity index (χ3n) is 7.09. The highest BCUT2D eigenvalue weighted by Gasteiger charge is 2.50. The lowest BCUT2D eigenvalue weighted by atomic mass is 10.1. The van der Waals surface area contributed by atoms with Gasteiger partial charge in [0, 0.05) is 24.0 Å². The van der Waals surface area contributed by atoms with E-state index in [9.17, 15) is 18.0 Å². The summed E-state index contributed by atoms with van der Waals surface area (Å²) in [6.45, 7) is 2.25. The summed E-state index contributed by atoms with van der Waals surface area (Å²) in [5.41, 5.74) is 2.76. The number of amides is 2. The van der Waals surface area contributed by atoms with Gasteiger partial charge in [-0.25, -0.2) is 18.4 Å². The molecule has 1 spiro atoms. The van der Waals surface area contributed by atoms with Gasteiger partial charge in [0.2, 0.25) is 0 Å². The van der Waals surface area contributed by atoms with Crippen molar-refractivity contribution in [1.29, 1.82) is 0 Å². The fraction of sp³-hybridized carbons (Fsp3) is 0.286. The minimum Gasteiger partial charge on any atom is -0.363 e. The lowest BCUT2D eigenvalue weighted by molar-refractivity contribution is -0.130. The molecule has 0 bridgehead atoms. The summed E-state index contributed by atoms with van der Waals surface area (Å²) in [5, 5.41) is 3.57. The fourth-order valence-electron chi connectivity index (χ4n) is 4.66. The SMILES string of the molecule is Cc1ncc(C(=O)NCc2cc3nc(-c4cccc(N5CC6(CC6)OCC5=O)n4)ccc3cn2)cc1S(C)(=O)=O. The summed E-state index contributed by atoms with van der Waals surface area (Å²) in [4.78, 5) is 44.9. The summed E-state index contributed by atoms with van der Waals surface area (Å²) >= 11 is 0. The van der Waals surface area contributed by atoms with Crippen LogP contribution in [0, 0.1) is 6.92 Å². The average Bonchev–Trinajstić information content (AvgIpc) is 3.71. The maximum atomic E-state index is 12.7. The summed E-state index contributed by atoms with van der Waals surface area (Å²) in [5.74, 6) is -0.00485. The quantitative estimate of drug-likeness (QED) is 0.378. The van der Waals surface area contributed by atoms with Crippen LogP contribution in [-0.4, -0.2) is 65.2 Å². The highest BCUT2D eigenvalue weighted by molar-refractivity contribution is 7.90. The van der Waals surface area contributed by atoms with Crippen molar-refractivity contribution in [3.05, 3.63) is 71.8 Å². The van der Waals surface area contributed by atoms with Gasteiger partial charge < -0.3 is 10.1 Å². The first-order valence-corrected chi connectivity index (χ1v) is 14.6. The molecule has 40 heavy (non-hydrogen) atoms. The minimum absolute atomic E-state index is 0.0171. The van der Waals surface area contributed by atoms with Gasteiger partial charge in [-0.1, -0.05) is 6.07 Å². The number of hydrogen-bond donors (Lipinski definition) is 1. The zero-order chi connectivity index (χ0) is 28.1. The molecular formula is C28H26N6O5S. The van der Waals surface area contributed by atoms with Crippen molar-refractivity contribution in [2.45, 2.75) is 36.8 Å². The average molecular weight is 559 g/mol. The van der Waals surface area contributed by atoms with Crippen LogP contribution < -0.4 is 10.2 Å². The lowest BCUT2D eigenvalue weighted by Gasteiger charge is -2.32. The Morgan fingerprint density at radius 2 is 1.88 bits per heavy atom. The van der Waals surface area contributed by atoms with E-state index in [2.05, 4.69) is 15.3 Å². The smallest absolute Gasteiger partial charge is 0.254 e. The van der Waals surface area contributed by atoms with Crippen LogP contribution in [0.5, 0.6) is 0 Å². The normalized spacial score (nSPS) is 16.4. The lowest BCUT2D eigenvalue weighted by Crippen LogP contribution is -2.48. The van der Waals surface area contributed by atoms with Gasteiger partial charge in [-0.2, -0.15) is 0 Å². The van der Waals surface area contributed by atoms with Gasteiger partial charge in [-0.05, 0) is 56.2 Å². The maximum Gasteiger partial charge on any atom is 0.254 e. The molecule has 12 heteroatoms. The molecule has 1 saturated heterocycles. The van der Waals surface area contributed by atoms with E-state index in [0.29, 0.717) is 40.7 Å². The molecule has 4 aromatic rings. The second-order valence-corrected chi connectivity index (χ2v) is 12.1. The Kier molecular flexibility index (Phi) is 6.31. The van der Waals surface area contributed by atoms with Crippen molar-refractivity contribution in [3.8, 4) is 11.4 Å². The molecule has 1 aliphatic heterocycles. The van der Waals surface area contributed by atoms with Crippen molar-refractivity contribution < 1.29 is 22.7 Å². The molecule has 1 saturated carbocycles. The number of carbonyl (C=O) groups excluding carboxylic acids is 2. The van der Waals surface area contributed by atoms with Gasteiger partial charge in [0.05, 0.1) is 57.4 Å². The zero-order valence-corrected chi connectivity index (χ0v) is 22.7. The third kappa shape index (κ3) is 5.15. The number of ether oxygens (including phenoxy) is 1. The number of anilines is 1. The van der Waals surface area contributed by atoms with E-state index in [1.54, 1.807) is 24.1 Å². The van der Waals surface area contributed by atoms with E-state index in [0.717, 1.165) is 24.5 Å². The van der Waals surface area contributed by atoms with Crippen molar-refractivity contribution in [1.82, 2.24) is 25.3 Å². The van der Waals surface area contributed by atoms with Gasteiger partial charge in [0.15, 0.2) is 9.84 Å². The standard InChI is InChI=1S/C28H26N6O5S/c1-17-24(40(2,37)38)10-19(13-29-17)27(36)31-14-20-11-23-18(12-30-20)6-7-22(32-23)21-4-3-5-25(33-21)34-16-28(8-9-28)39-15-26(34)35/h3-7,10-13H,8-9,14-16H2,1-2H3,(H,31,36). The highest BCUT2D eigenvalue weighted by Crippen LogP contribution is 2.43. The molecule has 2 fully saturated rings. The number of aromatic nitrogens is 4. The number of nitrogens with zero attached hydrogens (tertiary/aromatic N) is 5. The zero-order valence-electron chi connectivity index (χ0n) is 21.9. The number of pyridine rings is 4. The molecular weight excluding hydrogens is 532 g/mol. The van der Waals surface area contributed by atoms with Crippen LogP contribution in [0.2, 0.25) is 0 Å². The highest BCUT2D eigenvalue weighted by atomic mass is 32.2.